The Bertz CT molecular complexity index is 130. The van der Waals surface area contributed by atoms with Crippen molar-refractivity contribution in [2.24, 2.45) is 5.41 Å². The second-order valence-electron chi connectivity index (χ2n) is 5.67. The maximum Gasteiger partial charge on any atom is 0.183 e. The average molecular weight is 167 g/mol. The molecule has 1 nitrogen and oxygen atoms in total. The summed E-state index contributed by atoms with van der Waals surface area (Å²) in [4.78, 5) is 1.91. The lowest BCUT2D eigenvalue weighted by atomic mass is 9.90. The second kappa shape index (κ2) is 3.82. The van der Waals surface area contributed by atoms with E-state index >= 15 is 0 Å². The Morgan fingerprint density at radius 1 is 1.00 bits per heavy atom. The molecule has 0 aromatic heterocycles. The van der Waals surface area contributed by atoms with Gasteiger partial charge in [0.05, 0.1) is 0 Å². The summed E-state index contributed by atoms with van der Waals surface area (Å²) in [5.74, 6) is 0. The maximum atomic E-state index is 5.89. The van der Waals surface area contributed by atoms with E-state index in [1.807, 2.05) is 4.81 Å². The molecule has 0 spiro atoms. The molecule has 0 atom stereocenters. The molecule has 0 amide bonds. The third-order valence-electron chi connectivity index (χ3n) is 1.96. The number of nitrogens with zero attached hydrogens (tertiary/aromatic N) is 1. The second-order valence-corrected chi connectivity index (χ2v) is 5.67. The van der Waals surface area contributed by atoms with Crippen LogP contribution in [0.4, 0.5) is 0 Å². The van der Waals surface area contributed by atoms with E-state index in [2.05, 4.69) is 41.5 Å². The van der Waals surface area contributed by atoms with Gasteiger partial charge in [-0.05, 0) is 39.2 Å². The third-order valence-corrected chi connectivity index (χ3v) is 1.96. The lowest BCUT2D eigenvalue weighted by molar-refractivity contribution is 0.224. The number of hydrogen-bond acceptors (Lipinski definition) is 1. The molecule has 0 unspecified atom stereocenters. The van der Waals surface area contributed by atoms with Crippen LogP contribution in [-0.2, 0) is 0 Å². The highest BCUT2D eigenvalue weighted by molar-refractivity contribution is 6.04. The summed E-state index contributed by atoms with van der Waals surface area (Å²) in [5, 5.41) is 0. The SMILES string of the molecule is [B]N(CCC(C)(C)C)C(C)(C)C. The molecule has 0 N–H and O–H groups in total. The van der Waals surface area contributed by atoms with Crippen LogP contribution in [0.5, 0.6) is 0 Å². The average Bonchev–Trinajstić information content (AvgIpc) is 1.78. The Kier molecular flexibility index (Phi) is 3.83. The van der Waals surface area contributed by atoms with Gasteiger partial charge in [-0.3, -0.25) is 0 Å². The molecular formula is C10H22BN. The monoisotopic (exact) mass is 167 g/mol. The van der Waals surface area contributed by atoms with Crippen molar-refractivity contribution in [1.29, 1.82) is 0 Å². The first kappa shape index (κ1) is 12.0. The van der Waals surface area contributed by atoms with Crippen molar-refractivity contribution >= 4 is 7.98 Å². The van der Waals surface area contributed by atoms with Crippen LogP contribution in [0, 0.1) is 5.41 Å². The first-order chi connectivity index (χ1) is 5.13. The zero-order valence-corrected chi connectivity index (χ0v) is 9.44. The Balaban J connectivity index is 3.80. The molecule has 70 valence electrons. The van der Waals surface area contributed by atoms with E-state index in [1.54, 1.807) is 0 Å². The molecule has 0 heterocycles. The molecule has 0 aromatic rings. The van der Waals surface area contributed by atoms with Crippen LogP contribution in [0.25, 0.3) is 0 Å². The van der Waals surface area contributed by atoms with Crippen LogP contribution >= 0.6 is 0 Å². The smallest absolute Gasteiger partial charge is 0.183 e. The fourth-order valence-electron chi connectivity index (χ4n) is 0.791. The quantitative estimate of drug-likeness (QED) is 0.571. The molecule has 0 aromatic carbocycles. The van der Waals surface area contributed by atoms with E-state index in [0.29, 0.717) is 5.41 Å². The lowest BCUT2D eigenvalue weighted by Gasteiger charge is -2.34. The zero-order valence-electron chi connectivity index (χ0n) is 9.44. The first-order valence-corrected chi connectivity index (χ1v) is 4.65. The fourth-order valence-corrected chi connectivity index (χ4v) is 0.791. The zero-order chi connectivity index (χ0) is 9.99. The summed E-state index contributed by atoms with van der Waals surface area (Å²) in [7, 11) is 5.89. The highest BCUT2D eigenvalue weighted by Gasteiger charge is 2.18. The summed E-state index contributed by atoms with van der Waals surface area (Å²) >= 11 is 0. The van der Waals surface area contributed by atoms with Gasteiger partial charge in [-0.1, -0.05) is 20.8 Å². The Hall–Kier alpha value is 0.0249. The number of hydrogen-bond donors (Lipinski definition) is 0. The van der Waals surface area contributed by atoms with E-state index in [9.17, 15) is 0 Å². The summed E-state index contributed by atoms with van der Waals surface area (Å²) in [6, 6.07) is 0. The molecular weight excluding hydrogens is 145 g/mol. The molecule has 2 heteroatoms. The topological polar surface area (TPSA) is 3.24 Å². The van der Waals surface area contributed by atoms with Crippen molar-refractivity contribution in [3.8, 4) is 0 Å². The van der Waals surface area contributed by atoms with Gasteiger partial charge in [-0.15, -0.1) is 0 Å². The molecule has 0 rings (SSSR count). The van der Waals surface area contributed by atoms with Gasteiger partial charge in [0.15, 0.2) is 7.98 Å². The molecule has 0 saturated heterocycles. The molecule has 0 aliphatic carbocycles. The minimum Gasteiger partial charge on any atom is -0.349 e. The molecule has 0 fully saturated rings. The molecule has 12 heavy (non-hydrogen) atoms. The van der Waals surface area contributed by atoms with Gasteiger partial charge in [0, 0.05) is 5.54 Å². The standard InChI is InChI=1S/C10H22BN/c1-9(2,3)7-8-12(11)10(4,5)6/h7-8H2,1-6H3. The van der Waals surface area contributed by atoms with E-state index in [4.69, 9.17) is 7.98 Å². The van der Waals surface area contributed by atoms with E-state index in [-0.39, 0.29) is 5.54 Å². The van der Waals surface area contributed by atoms with Crippen molar-refractivity contribution in [3.05, 3.63) is 0 Å². The van der Waals surface area contributed by atoms with Gasteiger partial charge in [0.25, 0.3) is 0 Å². The van der Waals surface area contributed by atoms with Crippen LogP contribution in [0.15, 0.2) is 0 Å². The minimum absolute atomic E-state index is 0.0885. The highest BCUT2D eigenvalue weighted by atomic mass is 15.1. The van der Waals surface area contributed by atoms with Crippen molar-refractivity contribution < 1.29 is 0 Å². The van der Waals surface area contributed by atoms with E-state index in [0.717, 1.165) is 13.0 Å². The molecule has 0 aliphatic rings. The van der Waals surface area contributed by atoms with Crippen LogP contribution in [0.3, 0.4) is 0 Å². The number of rotatable bonds is 2. The fraction of sp³-hybridized carbons (Fsp3) is 1.00. The van der Waals surface area contributed by atoms with Crippen LogP contribution < -0.4 is 0 Å². The summed E-state index contributed by atoms with van der Waals surface area (Å²) in [6.45, 7) is 14.1. The predicted octanol–water partition coefficient (Wildman–Crippen LogP) is 2.61. The summed E-state index contributed by atoms with van der Waals surface area (Å²) in [6.07, 6.45) is 1.14. The Labute approximate surface area is 79.0 Å². The van der Waals surface area contributed by atoms with Crippen LogP contribution in [0.2, 0.25) is 0 Å². The van der Waals surface area contributed by atoms with Gasteiger partial charge < -0.3 is 4.81 Å². The van der Waals surface area contributed by atoms with Crippen molar-refractivity contribution in [2.45, 2.75) is 53.5 Å². The van der Waals surface area contributed by atoms with Gasteiger partial charge in [0.2, 0.25) is 0 Å². The molecule has 0 aliphatic heterocycles. The Morgan fingerprint density at radius 3 is 1.67 bits per heavy atom. The summed E-state index contributed by atoms with van der Waals surface area (Å²) in [5.41, 5.74) is 0.466. The molecule has 0 bridgehead atoms. The van der Waals surface area contributed by atoms with Crippen LogP contribution in [-0.4, -0.2) is 24.9 Å². The van der Waals surface area contributed by atoms with Crippen molar-refractivity contribution in [3.63, 3.8) is 0 Å². The molecule has 2 radical (unpaired) electrons. The van der Waals surface area contributed by atoms with E-state index < -0.39 is 0 Å². The van der Waals surface area contributed by atoms with E-state index in [1.165, 1.54) is 0 Å². The van der Waals surface area contributed by atoms with Gasteiger partial charge >= 0.3 is 0 Å². The maximum absolute atomic E-state index is 5.89. The Morgan fingerprint density at radius 2 is 1.42 bits per heavy atom. The molecule has 0 saturated carbocycles. The van der Waals surface area contributed by atoms with Gasteiger partial charge in [-0.25, -0.2) is 0 Å². The summed E-state index contributed by atoms with van der Waals surface area (Å²) < 4.78 is 0. The van der Waals surface area contributed by atoms with Gasteiger partial charge in [0.1, 0.15) is 0 Å². The van der Waals surface area contributed by atoms with Gasteiger partial charge in [-0.2, -0.15) is 0 Å². The highest BCUT2D eigenvalue weighted by Crippen LogP contribution is 2.20. The van der Waals surface area contributed by atoms with Crippen molar-refractivity contribution in [2.75, 3.05) is 6.54 Å². The first-order valence-electron chi connectivity index (χ1n) is 4.65. The predicted molar refractivity (Wildman–Crippen MR) is 56.3 cm³/mol. The van der Waals surface area contributed by atoms with Crippen molar-refractivity contribution in [1.82, 2.24) is 4.81 Å². The normalized spacial score (nSPS) is 13.9. The minimum atomic E-state index is 0.0885. The lowest BCUT2D eigenvalue weighted by Crippen LogP contribution is -2.40. The third kappa shape index (κ3) is 5.65. The largest absolute Gasteiger partial charge is 0.349 e. The van der Waals surface area contributed by atoms with Crippen LogP contribution in [0.1, 0.15) is 48.0 Å².